The molecule has 0 heterocycles. The van der Waals surface area contributed by atoms with Crippen LogP contribution in [0.4, 0.5) is 26.3 Å². The Morgan fingerprint density at radius 2 is 1.24 bits per heavy atom. The number of benzene rings is 1. The molecule has 0 aromatic heterocycles. The van der Waals surface area contributed by atoms with E-state index in [1.807, 2.05) is 38.1 Å². The number of rotatable bonds is 4. The summed E-state index contributed by atoms with van der Waals surface area (Å²) in [5.74, 6) is -6.44. The van der Waals surface area contributed by atoms with E-state index in [1.165, 1.54) is 0 Å². The number of halogens is 7. The van der Waals surface area contributed by atoms with Gasteiger partial charge in [0, 0.05) is 17.4 Å². The van der Waals surface area contributed by atoms with E-state index >= 15 is 0 Å². The van der Waals surface area contributed by atoms with Gasteiger partial charge in [-0.25, -0.2) is 0 Å². The van der Waals surface area contributed by atoms with Crippen molar-refractivity contribution in [1.29, 1.82) is 0 Å². The topological polar surface area (TPSA) is 51.2 Å². The zero-order valence-corrected chi connectivity index (χ0v) is 13.7. The first-order valence-electron chi connectivity index (χ1n) is 6.66. The van der Waals surface area contributed by atoms with Gasteiger partial charge < -0.3 is 0 Å². The van der Waals surface area contributed by atoms with Gasteiger partial charge in [-0.2, -0.15) is 26.3 Å². The minimum atomic E-state index is -5.77. The van der Waals surface area contributed by atoms with E-state index < -0.39 is 23.9 Å². The molecule has 0 unspecified atom stereocenters. The minimum Gasteiger partial charge on any atom is -0.299 e. The lowest BCUT2D eigenvalue weighted by Gasteiger charge is -2.05. The van der Waals surface area contributed by atoms with Crippen molar-refractivity contribution in [3.05, 3.63) is 34.9 Å². The first kappa shape index (κ1) is 23.1. The molecule has 0 saturated carbocycles. The maximum Gasteiger partial charge on any atom is 0.458 e. The Hall–Kier alpha value is -1.90. The van der Waals surface area contributed by atoms with Crippen LogP contribution in [0.5, 0.6) is 0 Å². The third-order valence-electron chi connectivity index (χ3n) is 2.66. The number of carbonyl (C=O) groups is 3. The molecule has 0 amide bonds. The summed E-state index contributed by atoms with van der Waals surface area (Å²) in [6.45, 7) is 3.83. The Bertz CT molecular complexity index is 594. The number of hydrogen-bond donors (Lipinski definition) is 0. The van der Waals surface area contributed by atoms with Crippen molar-refractivity contribution < 1.29 is 40.7 Å². The van der Waals surface area contributed by atoms with E-state index in [9.17, 15) is 40.7 Å². The standard InChI is InChI=1S/C11H13ClO.C4F6O2/c1-8(2)11(13)7-9-3-5-10(12)6-4-9;5-3(6,7)1(11)2(12)4(8,9)10/h3-6,8H,7H2,1-2H3;. The molecular formula is C15H13ClF6O3. The number of carbonyl (C=O) groups excluding carboxylic acids is 3. The Balaban J connectivity index is 0.000000463. The molecule has 0 aliphatic heterocycles. The predicted octanol–water partition coefficient (Wildman–Crippen LogP) is 4.36. The van der Waals surface area contributed by atoms with E-state index in [4.69, 9.17) is 11.6 Å². The number of Topliss-reactive ketones (excluding diaryl/α,β-unsaturated/α-hetero) is 3. The second-order valence-electron chi connectivity index (χ2n) is 5.08. The Morgan fingerprint density at radius 1 is 0.880 bits per heavy atom. The fourth-order valence-electron chi connectivity index (χ4n) is 1.27. The maximum atomic E-state index is 11.4. The molecule has 0 saturated heterocycles. The van der Waals surface area contributed by atoms with Crippen molar-refractivity contribution in [2.75, 3.05) is 0 Å². The summed E-state index contributed by atoms with van der Waals surface area (Å²) in [6.07, 6.45) is -11.0. The number of alkyl halides is 6. The van der Waals surface area contributed by atoms with Gasteiger partial charge >= 0.3 is 23.9 Å². The summed E-state index contributed by atoms with van der Waals surface area (Å²) in [6, 6.07) is 7.40. The van der Waals surface area contributed by atoms with E-state index in [0.717, 1.165) is 5.56 Å². The van der Waals surface area contributed by atoms with Crippen molar-refractivity contribution >= 4 is 29.0 Å². The van der Waals surface area contributed by atoms with Gasteiger partial charge in [0.1, 0.15) is 5.78 Å². The van der Waals surface area contributed by atoms with E-state index in [1.54, 1.807) is 0 Å². The lowest BCUT2D eigenvalue weighted by atomic mass is 10.0. The van der Waals surface area contributed by atoms with Crippen LogP contribution in [0, 0.1) is 5.92 Å². The molecule has 0 fully saturated rings. The van der Waals surface area contributed by atoms with Crippen LogP contribution in [0.3, 0.4) is 0 Å². The molecule has 0 atom stereocenters. The van der Waals surface area contributed by atoms with Crippen molar-refractivity contribution in [2.24, 2.45) is 5.92 Å². The zero-order chi connectivity index (χ0) is 20.0. The summed E-state index contributed by atoms with van der Waals surface area (Å²) in [5, 5.41) is 0.709. The lowest BCUT2D eigenvalue weighted by Crippen LogP contribution is -2.39. The molecular weight excluding hydrogens is 378 g/mol. The van der Waals surface area contributed by atoms with Crippen molar-refractivity contribution in [1.82, 2.24) is 0 Å². The van der Waals surface area contributed by atoms with Gasteiger partial charge in [0.15, 0.2) is 0 Å². The van der Waals surface area contributed by atoms with Crippen molar-refractivity contribution in [3.8, 4) is 0 Å². The monoisotopic (exact) mass is 390 g/mol. The SMILES string of the molecule is CC(C)C(=O)Cc1ccc(Cl)cc1.O=C(C(=O)C(F)(F)F)C(F)(F)F. The number of ketones is 3. The van der Waals surface area contributed by atoms with Gasteiger partial charge in [0.2, 0.25) is 0 Å². The Kier molecular flexibility index (Phi) is 8.30. The second kappa shape index (κ2) is 8.98. The van der Waals surface area contributed by atoms with E-state index in [-0.39, 0.29) is 11.7 Å². The van der Waals surface area contributed by atoms with Gasteiger partial charge in [0.05, 0.1) is 0 Å². The van der Waals surface area contributed by atoms with Crippen LogP contribution in [0.1, 0.15) is 19.4 Å². The maximum absolute atomic E-state index is 11.4. The highest BCUT2D eigenvalue weighted by atomic mass is 35.5. The molecule has 0 N–H and O–H groups in total. The highest BCUT2D eigenvalue weighted by molar-refractivity contribution is 6.41. The molecule has 0 spiro atoms. The average Bonchev–Trinajstić information content (AvgIpc) is 2.46. The zero-order valence-electron chi connectivity index (χ0n) is 13.0. The fourth-order valence-corrected chi connectivity index (χ4v) is 1.39. The molecule has 0 radical (unpaired) electrons. The summed E-state index contributed by atoms with van der Waals surface area (Å²) in [4.78, 5) is 30.6. The van der Waals surface area contributed by atoms with Crippen LogP contribution in [0.15, 0.2) is 24.3 Å². The molecule has 1 aromatic carbocycles. The molecule has 10 heteroatoms. The van der Waals surface area contributed by atoms with Crippen LogP contribution in [0.25, 0.3) is 0 Å². The van der Waals surface area contributed by atoms with E-state index in [2.05, 4.69) is 0 Å². The van der Waals surface area contributed by atoms with Crippen molar-refractivity contribution in [3.63, 3.8) is 0 Å². The van der Waals surface area contributed by atoms with Crippen LogP contribution >= 0.6 is 11.6 Å². The molecule has 0 bridgehead atoms. The van der Waals surface area contributed by atoms with Crippen LogP contribution in [-0.4, -0.2) is 29.7 Å². The van der Waals surface area contributed by atoms with Gasteiger partial charge in [0.25, 0.3) is 0 Å². The Labute approximate surface area is 144 Å². The second-order valence-corrected chi connectivity index (χ2v) is 5.51. The smallest absolute Gasteiger partial charge is 0.299 e. The normalized spacial score (nSPS) is 11.6. The van der Waals surface area contributed by atoms with E-state index in [0.29, 0.717) is 11.4 Å². The first-order chi connectivity index (χ1) is 11.2. The van der Waals surface area contributed by atoms with Crippen LogP contribution in [-0.2, 0) is 20.8 Å². The fraction of sp³-hybridized carbons (Fsp3) is 0.400. The largest absolute Gasteiger partial charge is 0.458 e. The Morgan fingerprint density at radius 3 is 1.52 bits per heavy atom. The molecule has 3 nitrogen and oxygen atoms in total. The van der Waals surface area contributed by atoms with Gasteiger partial charge in [-0.1, -0.05) is 37.6 Å². The molecule has 0 aliphatic rings. The molecule has 1 rings (SSSR count). The summed E-state index contributed by atoms with van der Waals surface area (Å²) < 4.78 is 67.0. The lowest BCUT2D eigenvalue weighted by molar-refractivity contribution is -0.193. The number of hydrogen-bond acceptors (Lipinski definition) is 3. The molecule has 25 heavy (non-hydrogen) atoms. The minimum absolute atomic E-state index is 0.107. The highest BCUT2D eigenvalue weighted by Crippen LogP contribution is 2.24. The quantitative estimate of drug-likeness (QED) is 0.567. The van der Waals surface area contributed by atoms with Crippen LogP contribution in [0.2, 0.25) is 5.02 Å². The summed E-state index contributed by atoms with van der Waals surface area (Å²) >= 11 is 5.73. The van der Waals surface area contributed by atoms with Gasteiger partial charge in [-0.3, -0.25) is 14.4 Å². The third kappa shape index (κ3) is 8.67. The predicted molar refractivity (Wildman–Crippen MR) is 77.1 cm³/mol. The summed E-state index contributed by atoms with van der Waals surface area (Å²) in [7, 11) is 0. The van der Waals surface area contributed by atoms with Crippen LogP contribution < -0.4 is 0 Å². The van der Waals surface area contributed by atoms with Crippen molar-refractivity contribution in [2.45, 2.75) is 32.6 Å². The average molecular weight is 391 g/mol. The molecule has 140 valence electrons. The van der Waals surface area contributed by atoms with Gasteiger partial charge in [-0.15, -0.1) is 0 Å². The third-order valence-corrected chi connectivity index (χ3v) is 2.91. The summed E-state index contributed by atoms with van der Waals surface area (Å²) in [5.41, 5.74) is 1.03. The first-order valence-corrected chi connectivity index (χ1v) is 7.04. The van der Waals surface area contributed by atoms with Gasteiger partial charge in [-0.05, 0) is 17.7 Å². The molecule has 1 aromatic rings. The highest BCUT2D eigenvalue weighted by Gasteiger charge is 2.54. The molecule has 0 aliphatic carbocycles.